The van der Waals surface area contributed by atoms with Crippen LogP contribution in [0.5, 0.6) is 0 Å². The summed E-state index contributed by atoms with van der Waals surface area (Å²) in [6.45, 7) is 5.48. The number of hydrogen-bond donors (Lipinski definition) is 2. The van der Waals surface area contributed by atoms with Crippen LogP contribution in [0, 0.1) is 0 Å². The summed E-state index contributed by atoms with van der Waals surface area (Å²) in [6, 6.07) is 0. The third-order valence-corrected chi connectivity index (χ3v) is 4.01. The van der Waals surface area contributed by atoms with Crippen LogP contribution in [0.15, 0.2) is 0 Å². The number of methoxy groups -OCH3 is 1. The van der Waals surface area contributed by atoms with Gasteiger partial charge in [-0.3, -0.25) is 9.69 Å². The Hall–Kier alpha value is -0.690. The molecule has 0 spiro atoms. The Bertz CT molecular complexity index is 312. The lowest BCUT2D eigenvalue weighted by atomic mass is 9.93. The lowest BCUT2D eigenvalue weighted by Crippen LogP contribution is -2.52. The van der Waals surface area contributed by atoms with E-state index in [9.17, 15) is 15.0 Å². The molecule has 0 bridgehead atoms. The van der Waals surface area contributed by atoms with E-state index in [4.69, 9.17) is 9.47 Å². The average Bonchev–Trinajstić information content (AvgIpc) is 2.80. The fraction of sp³-hybridized carbons (Fsp3) is 0.929. The minimum absolute atomic E-state index is 0.0800. The van der Waals surface area contributed by atoms with Crippen molar-refractivity contribution in [3.63, 3.8) is 0 Å². The Balaban J connectivity index is 2.48. The van der Waals surface area contributed by atoms with Crippen molar-refractivity contribution >= 4 is 5.97 Å². The highest BCUT2D eigenvalue weighted by atomic mass is 16.5. The van der Waals surface area contributed by atoms with Gasteiger partial charge in [0.15, 0.2) is 0 Å². The van der Waals surface area contributed by atoms with Gasteiger partial charge in [-0.15, -0.1) is 0 Å². The first-order valence-corrected chi connectivity index (χ1v) is 7.23. The zero-order valence-corrected chi connectivity index (χ0v) is 12.7. The highest BCUT2D eigenvalue weighted by molar-refractivity contribution is 5.79. The molecule has 0 aromatic heterocycles. The fourth-order valence-electron chi connectivity index (χ4n) is 2.86. The van der Waals surface area contributed by atoms with Gasteiger partial charge < -0.3 is 19.7 Å². The molecule has 3 atom stereocenters. The molecule has 1 aliphatic rings. The summed E-state index contributed by atoms with van der Waals surface area (Å²) in [4.78, 5) is 13.4. The number of aliphatic carboxylic acids is 1. The molecule has 3 unspecified atom stereocenters. The van der Waals surface area contributed by atoms with E-state index in [0.29, 0.717) is 32.5 Å². The van der Waals surface area contributed by atoms with E-state index in [2.05, 4.69) is 0 Å². The van der Waals surface area contributed by atoms with Gasteiger partial charge in [0.25, 0.3) is 0 Å². The predicted molar refractivity (Wildman–Crippen MR) is 74.8 cm³/mol. The molecule has 0 saturated carbocycles. The SMILES string of the molecule is CCC1(C(=O)O)CCCN1CC(O)COC(C)COC. The van der Waals surface area contributed by atoms with Gasteiger partial charge in [-0.2, -0.15) is 0 Å². The van der Waals surface area contributed by atoms with Crippen LogP contribution >= 0.6 is 0 Å². The molecule has 1 heterocycles. The first-order chi connectivity index (χ1) is 9.46. The fourth-order valence-corrected chi connectivity index (χ4v) is 2.86. The normalized spacial score (nSPS) is 26.6. The van der Waals surface area contributed by atoms with Gasteiger partial charge >= 0.3 is 5.97 Å². The maximum atomic E-state index is 11.5. The van der Waals surface area contributed by atoms with Gasteiger partial charge in [0, 0.05) is 13.7 Å². The Morgan fingerprint density at radius 2 is 2.15 bits per heavy atom. The summed E-state index contributed by atoms with van der Waals surface area (Å²) >= 11 is 0. The maximum absolute atomic E-state index is 11.5. The van der Waals surface area contributed by atoms with Crippen LogP contribution in [0.3, 0.4) is 0 Å². The summed E-state index contributed by atoms with van der Waals surface area (Å²) in [5.41, 5.74) is -0.820. The zero-order valence-electron chi connectivity index (χ0n) is 12.7. The van der Waals surface area contributed by atoms with Crippen LogP contribution in [0.2, 0.25) is 0 Å². The molecule has 20 heavy (non-hydrogen) atoms. The van der Waals surface area contributed by atoms with Crippen molar-refractivity contribution in [3.8, 4) is 0 Å². The van der Waals surface area contributed by atoms with Crippen molar-refractivity contribution in [2.75, 3.05) is 33.4 Å². The summed E-state index contributed by atoms with van der Waals surface area (Å²) < 4.78 is 10.4. The molecule has 0 aromatic carbocycles. The van der Waals surface area contributed by atoms with Crippen LogP contribution < -0.4 is 0 Å². The highest BCUT2D eigenvalue weighted by Gasteiger charge is 2.46. The molecule has 0 aromatic rings. The number of rotatable bonds is 9. The van der Waals surface area contributed by atoms with Crippen LogP contribution in [0.4, 0.5) is 0 Å². The smallest absolute Gasteiger partial charge is 0.324 e. The quantitative estimate of drug-likeness (QED) is 0.651. The number of aliphatic hydroxyl groups is 1. The van der Waals surface area contributed by atoms with E-state index in [1.165, 1.54) is 0 Å². The second-order valence-electron chi connectivity index (χ2n) is 5.49. The molecule has 1 fully saturated rings. The van der Waals surface area contributed by atoms with Gasteiger partial charge in [0.05, 0.1) is 25.4 Å². The van der Waals surface area contributed by atoms with Crippen LogP contribution in [-0.2, 0) is 14.3 Å². The average molecular weight is 289 g/mol. The number of aliphatic hydroxyl groups excluding tert-OH is 1. The summed E-state index contributed by atoms with van der Waals surface area (Å²) in [5, 5.41) is 19.5. The van der Waals surface area contributed by atoms with Crippen molar-refractivity contribution in [2.45, 2.75) is 50.9 Å². The number of carbonyl (C=O) groups is 1. The van der Waals surface area contributed by atoms with Gasteiger partial charge in [0.2, 0.25) is 0 Å². The second-order valence-corrected chi connectivity index (χ2v) is 5.49. The summed E-state index contributed by atoms with van der Waals surface area (Å²) in [5.74, 6) is -0.793. The number of nitrogens with zero attached hydrogens (tertiary/aromatic N) is 1. The molecule has 6 heteroatoms. The molecular formula is C14H27NO5. The van der Waals surface area contributed by atoms with Crippen LogP contribution in [-0.4, -0.2) is 72.2 Å². The van der Waals surface area contributed by atoms with Crippen LogP contribution in [0.25, 0.3) is 0 Å². The molecule has 0 amide bonds. The Morgan fingerprint density at radius 1 is 1.45 bits per heavy atom. The highest BCUT2D eigenvalue weighted by Crippen LogP contribution is 2.32. The molecule has 2 N–H and O–H groups in total. The third kappa shape index (κ3) is 4.15. The van der Waals surface area contributed by atoms with Gasteiger partial charge in [-0.1, -0.05) is 6.92 Å². The molecule has 1 saturated heterocycles. The molecule has 1 aliphatic heterocycles. The number of carboxylic acids is 1. The van der Waals surface area contributed by atoms with Crippen LogP contribution in [0.1, 0.15) is 33.1 Å². The summed E-state index contributed by atoms with van der Waals surface area (Å²) in [6.07, 6.45) is 1.29. The first-order valence-electron chi connectivity index (χ1n) is 7.23. The molecule has 0 aliphatic carbocycles. The van der Waals surface area contributed by atoms with Crippen molar-refractivity contribution in [2.24, 2.45) is 0 Å². The lowest BCUT2D eigenvalue weighted by Gasteiger charge is -2.35. The van der Waals surface area contributed by atoms with Crippen molar-refractivity contribution in [1.82, 2.24) is 4.90 Å². The zero-order chi connectivity index (χ0) is 15.2. The third-order valence-electron chi connectivity index (χ3n) is 4.01. The van der Waals surface area contributed by atoms with Crippen molar-refractivity contribution in [3.05, 3.63) is 0 Å². The molecule has 118 valence electrons. The molecular weight excluding hydrogens is 262 g/mol. The minimum Gasteiger partial charge on any atom is -0.480 e. The molecule has 6 nitrogen and oxygen atoms in total. The van der Waals surface area contributed by atoms with Gasteiger partial charge in [0.1, 0.15) is 5.54 Å². The number of ether oxygens (including phenoxy) is 2. The Labute approximate surface area is 120 Å². The predicted octanol–water partition coefficient (Wildman–Crippen LogP) is 0.728. The molecule has 1 rings (SSSR count). The largest absolute Gasteiger partial charge is 0.480 e. The lowest BCUT2D eigenvalue weighted by molar-refractivity contribution is -0.151. The van der Waals surface area contributed by atoms with Gasteiger partial charge in [-0.05, 0) is 32.7 Å². The van der Waals surface area contributed by atoms with E-state index < -0.39 is 17.6 Å². The number of β-amino-alcohol motifs (C(OH)–C–C–N with tert-alkyl or cyclic N) is 1. The van der Waals surface area contributed by atoms with E-state index in [1.54, 1.807) is 7.11 Å². The summed E-state index contributed by atoms with van der Waals surface area (Å²) in [7, 11) is 1.60. The second kappa shape index (κ2) is 7.93. The topological polar surface area (TPSA) is 79.2 Å². The standard InChI is InChI=1S/C14H27NO5/c1-4-14(13(17)18)6-5-7-15(14)8-12(16)10-20-11(2)9-19-3/h11-12,16H,4-10H2,1-3H3,(H,17,18). The van der Waals surface area contributed by atoms with Crippen molar-refractivity contribution < 1.29 is 24.5 Å². The molecule has 0 radical (unpaired) electrons. The van der Waals surface area contributed by atoms with E-state index in [1.807, 2.05) is 18.7 Å². The van der Waals surface area contributed by atoms with E-state index >= 15 is 0 Å². The maximum Gasteiger partial charge on any atom is 0.324 e. The van der Waals surface area contributed by atoms with Crippen molar-refractivity contribution in [1.29, 1.82) is 0 Å². The first kappa shape index (κ1) is 17.4. The van der Waals surface area contributed by atoms with Gasteiger partial charge in [-0.25, -0.2) is 0 Å². The number of likely N-dealkylation sites (tertiary alicyclic amines) is 1. The van der Waals surface area contributed by atoms with E-state index in [0.717, 1.165) is 6.42 Å². The Kier molecular flexibility index (Phi) is 6.88. The van der Waals surface area contributed by atoms with E-state index in [-0.39, 0.29) is 12.7 Å². The number of carboxylic acid groups (broad SMARTS) is 1. The number of hydrogen-bond acceptors (Lipinski definition) is 5. The Morgan fingerprint density at radius 3 is 2.70 bits per heavy atom. The monoisotopic (exact) mass is 289 g/mol. The minimum atomic E-state index is -0.820.